The lowest BCUT2D eigenvalue weighted by atomic mass is 10.1. The normalized spacial score (nSPS) is 10.4. The molecule has 1 aromatic carbocycles. The van der Waals surface area contributed by atoms with Crippen molar-refractivity contribution in [3.8, 4) is 17.3 Å². The first kappa shape index (κ1) is 8.84. The predicted molar refractivity (Wildman–Crippen MR) is 51.7 cm³/mol. The SMILES string of the molecule is OCc1cc(O)oc1-c1ccccc1. The standard InChI is InChI=1S/C11H10O3/c12-7-9-6-10(13)14-11(9)8-4-2-1-3-5-8/h1-6,12-13H,7H2. The van der Waals surface area contributed by atoms with E-state index in [9.17, 15) is 0 Å². The van der Waals surface area contributed by atoms with Crippen LogP contribution in [0.3, 0.4) is 0 Å². The Labute approximate surface area is 81.2 Å². The van der Waals surface area contributed by atoms with E-state index in [1.807, 2.05) is 30.3 Å². The molecule has 3 heteroatoms. The van der Waals surface area contributed by atoms with E-state index in [1.165, 1.54) is 6.07 Å². The van der Waals surface area contributed by atoms with Crippen molar-refractivity contribution in [3.63, 3.8) is 0 Å². The average molecular weight is 190 g/mol. The maximum atomic E-state index is 9.15. The van der Waals surface area contributed by atoms with Gasteiger partial charge in [0.05, 0.1) is 6.61 Å². The fourth-order valence-electron chi connectivity index (χ4n) is 1.37. The van der Waals surface area contributed by atoms with Crippen molar-refractivity contribution in [1.82, 2.24) is 0 Å². The van der Waals surface area contributed by atoms with Crippen LogP contribution in [0.25, 0.3) is 11.3 Å². The molecule has 0 aliphatic rings. The van der Waals surface area contributed by atoms with Crippen molar-refractivity contribution in [1.29, 1.82) is 0 Å². The Hall–Kier alpha value is -1.74. The molecule has 0 spiro atoms. The van der Waals surface area contributed by atoms with E-state index >= 15 is 0 Å². The number of furan rings is 1. The van der Waals surface area contributed by atoms with Crippen LogP contribution in [0, 0.1) is 0 Å². The summed E-state index contributed by atoms with van der Waals surface area (Å²) in [6.07, 6.45) is 0. The van der Waals surface area contributed by atoms with Gasteiger partial charge in [-0.05, 0) is 0 Å². The molecule has 0 fully saturated rings. The maximum absolute atomic E-state index is 9.15. The van der Waals surface area contributed by atoms with E-state index in [-0.39, 0.29) is 12.6 Å². The number of aliphatic hydroxyl groups excluding tert-OH is 1. The third-order valence-corrected chi connectivity index (χ3v) is 2.00. The predicted octanol–water partition coefficient (Wildman–Crippen LogP) is 2.14. The van der Waals surface area contributed by atoms with Crippen LogP contribution in [-0.4, -0.2) is 10.2 Å². The number of hydrogen-bond acceptors (Lipinski definition) is 3. The van der Waals surface area contributed by atoms with Gasteiger partial charge in [0, 0.05) is 17.2 Å². The van der Waals surface area contributed by atoms with Gasteiger partial charge in [0.2, 0.25) is 0 Å². The van der Waals surface area contributed by atoms with Crippen LogP contribution in [0.1, 0.15) is 5.56 Å². The number of benzene rings is 1. The van der Waals surface area contributed by atoms with Gasteiger partial charge < -0.3 is 14.6 Å². The molecule has 0 unspecified atom stereocenters. The Balaban J connectivity index is 2.51. The van der Waals surface area contributed by atoms with E-state index in [1.54, 1.807) is 0 Å². The quantitative estimate of drug-likeness (QED) is 0.762. The highest BCUT2D eigenvalue weighted by molar-refractivity contribution is 5.62. The summed E-state index contributed by atoms with van der Waals surface area (Å²) >= 11 is 0. The van der Waals surface area contributed by atoms with Crippen LogP contribution >= 0.6 is 0 Å². The van der Waals surface area contributed by atoms with Crippen LogP contribution < -0.4 is 0 Å². The molecule has 1 aromatic heterocycles. The van der Waals surface area contributed by atoms with E-state index < -0.39 is 0 Å². The molecule has 0 bridgehead atoms. The minimum Gasteiger partial charge on any atom is -0.481 e. The molecule has 0 radical (unpaired) electrons. The molecule has 0 amide bonds. The Bertz CT molecular complexity index is 417. The fourth-order valence-corrected chi connectivity index (χ4v) is 1.37. The molecule has 1 heterocycles. The van der Waals surface area contributed by atoms with Gasteiger partial charge in [-0.2, -0.15) is 0 Å². The third-order valence-electron chi connectivity index (χ3n) is 2.00. The third kappa shape index (κ3) is 1.49. The molecule has 14 heavy (non-hydrogen) atoms. The molecule has 0 saturated carbocycles. The summed E-state index contributed by atoms with van der Waals surface area (Å²) in [5.41, 5.74) is 1.44. The van der Waals surface area contributed by atoms with Gasteiger partial charge in [-0.3, -0.25) is 0 Å². The lowest BCUT2D eigenvalue weighted by Gasteiger charge is -1.98. The zero-order chi connectivity index (χ0) is 9.97. The molecule has 2 aromatic rings. The second-order valence-electron chi connectivity index (χ2n) is 2.96. The summed E-state index contributed by atoms with van der Waals surface area (Å²) < 4.78 is 5.09. The second-order valence-corrected chi connectivity index (χ2v) is 2.96. The lowest BCUT2D eigenvalue weighted by molar-refractivity contribution is 0.281. The largest absolute Gasteiger partial charge is 0.481 e. The van der Waals surface area contributed by atoms with Gasteiger partial charge in [0.1, 0.15) is 5.76 Å². The minimum atomic E-state index is -0.173. The highest BCUT2D eigenvalue weighted by Gasteiger charge is 2.10. The summed E-state index contributed by atoms with van der Waals surface area (Å²) in [6, 6.07) is 10.8. The van der Waals surface area contributed by atoms with Crippen molar-refractivity contribution in [3.05, 3.63) is 42.0 Å². The highest BCUT2D eigenvalue weighted by atomic mass is 16.5. The zero-order valence-electron chi connectivity index (χ0n) is 7.47. The van der Waals surface area contributed by atoms with Crippen LogP contribution in [0.4, 0.5) is 0 Å². The van der Waals surface area contributed by atoms with Crippen molar-refractivity contribution in [2.24, 2.45) is 0 Å². The second kappa shape index (κ2) is 3.55. The van der Waals surface area contributed by atoms with Crippen molar-refractivity contribution < 1.29 is 14.6 Å². The van der Waals surface area contributed by atoms with Gasteiger partial charge in [0.15, 0.2) is 0 Å². The molecule has 0 saturated heterocycles. The monoisotopic (exact) mass is 190 g/mol. The summed E-state index contributed by atoms with van der Waals surface area (Å²) in [5.74, 6) is 0.346. The molecule has 0 aliphatic heterocycles. The average Bonchev–Trinajstić information content (AvgIpc) is 2.61. The number of aliphatic hydroxyl groups is 1. The van der Waals surface area contributed by atoms with Crippen LogP contribution in [0.2, 0.25) is 0 Å². The summed E-state index contributed by atoms with van der Waals surface area (Å²) in [7, 11) is 0. The van der Waals surface area contributed by atoms with Crippen molar-refractivity contribution in [2.75, 3.05) is 0 Å². The van der Waals surface area contributed by atoms with Gasteiger partial charge >= 0.3 is 0 Å². The van der Waals surface area contributed by atoms with Gasteiger partial charge in [0.25, 0.3) is 5.95 Å². The summed E-state index contributed by atoms with van der Waals surface area (Å²) in [5, 5.41) is 18.2. The maximum Gasteiger partial charge on any atom is 0.282 e. The molecule has 0 atom stereocenters. The lowest BCUT2D eigenvalue weighted by Crippen LogP contribution is -1.82. The van der Waals surface area contributed by atoms with Gasteiger partial charge in [-0.15, -0.1) is 0 Å². The van der Waals surface area contributed by atoms with E-state index in [4.69, 9.17) is 14.6 Å². The fraction of sp³-hybridized carbons (Fsp3) is 0.0909. The van der Waals surface area contributed by atoms with Crippen LogP contribution in [0.15, 0.2) is 40.8 Å². The van der Waals surface area contributed by atoms with E-state index in [2.05, 4.69) is 0 Å². The number of hydrogen-bond donors (Lipinski definition) is 2. The van der Waals surface area contributed by atoms with Gasteiger partial charge in [-0.1, -0.05) is 30.3 Å². The molecular formula is C11H10O3. The Morgan fingerprint density at radius 3 is 2.50 bits per heavy atom. The molecule has 3 nitrogen and oxygen atoms in total. The summed E-state index contributed by atoms with van der Waals surface area (Å²) in [6.45, 7) is -0.145. The van der Waals surface area contributed by atoms with Crippen molar-refractivity contribution in [2.45, 2.75) is 6.61 Å². The molecule has 72 valence electrons. The van der Waals surface area contributed by atoms with Gasteiger partial charge in [-0.25, -0.2) is 0 Å². The molecule has 2 N–H and O–H groups in total. The molecular weight excluding hydrogens is 180 g/mol. The minimum absolute atomic E-state index is 0.145. The Morgan fingerprint density at radius 1 is 1.14 bits per heavy atom. The van der Waals surface area contributed by atoms with Crippen molar-refractivity contribution >= 4 is 0 Å². The first-order valence-corrected chi connectivity index (χ1v) is 4.29. The smallest absolute Gasteiger partial charge is 0.282 e. The highest BCUT2D eigenvalue weighted by Crippen LogP contribution is 2.30. The number of rotatable bonds is 2. The van der Waals surface area contributed by atoms with Crippen LogP contribution in [0.5, 0.6) is 5.95 Å². The molecule has 2 rings (SSSR count). The Kier molecular flexibility index (Phi) is 2.24. The Morgan fingerprint density at radius 2 is 1.86 bits per heavy atom. The summed E-state index contributed by atoms with van der Waals surface area (Å²) in [4.78, 5) is 0. The molecule has 0 aliphatic carbocycles. The van der Waals surface area contributed by atoms with Crippen LogP contribution in [-0.2, 0) is 6.61 Å². The number of aromatic hydroxyl groups is 1. The first-order chi connectivity index (χ1) is 6.81. The topological polar surface area (TPSA) is 53.6 Å². The first-order valence-electron chi connectivity index (χ1n) is 4.29. The van der Waals surface area contributed by atoms with E-state index in [0.29, 0.717) is 11.3 Å². The zero-order valence-corrected chi connectivity index (χ0v) is 7.47. The van der Waals surface area contributed by atoms with E-state index in [0.717, 1.165) is 5.56 Å².